The number of hydrogen-bond donors (Lipinski definition) is 1. The van der Waals surface area contributed by atoms with Crippen molar-refractivity contribution in [1.29, 1.82) is 0 Å². The maximum absolute atomic E-state index is 13.4. The van der Waals surface area contributed by atoms with Gasteiger partial charge in [-0.1, -0.05) is 0 Å². The zero-order valence-electron chi connectivity index (χ0n) is 11.1. The van der Waals surface area contributed by atoms with Crippen molar-refractivity contribution in [2.24, 2.45) is 0 Å². The molecule has 2 rings (SSSR count). The number of rotatable bonds is 1. The van der Waals surface area contributed by atoms with E-state index in [1.807, 2.05) is 22.6 Å². The Kier molecular flexibility index (Phi) is 3.97. The van der Waals surface area contributed by atoms with Crippen LogP contribution in [-0.4, -0.2) is 46.2 Å². The number of H-pyrrole nitrogens is 1. The number of imidazole rings is 1. The van der Waals surface area contributed by atoms with Crippen LogP contribution in [0.2, 0.25) is 0 Å². The molecule has 1 fully saturated rings. The molecule has 1 aliphatic rings. The van der Waals surface area contributed by atoms with Crippen LogP contribution in [-0.2, 0) is 9.39 Å². The Hall–Kier alpha value is -0.905. The highest BCUT2D eigenvalue weighted by Crippen LogP contribution is 2.27. The fourth-order valence-corrected chi connectivity index (χ4v) is 2.08. The van der Waals surface area contributed by atoms with Gasteiger partial charge >= 0.3 is 19.3 Å². The van der Waals surface area contributed by atoms with E-state index in [4.69, 9.17) is 4.74 Å². The number of aromatic amines is 1. The van der Waals surface area contributed by atoms with Crippen LogP contribution in [0.3, 0.4) is 0 Å². The summed E-state index contributed by atoms with van der Waals surface area (Å²) in [4.78, 5) is 19.5. The van der Waals surface area contributed by atoms with Gasteiger partial charge in [-0.25, -0.2) is 9.78 Å². The van der Waals surface area contributed by atoms with E-state index in [9.17, 15) is 13.6 Å². The minimum Gasteiger partial charge on any atom is -0.444 e. The lowest BCUT2D eigenvalue weighted by atomic mass is 9.81. The molecule has 0 radical (unpaired) electrons. The summed E-state index contributed by atoms with van der Waals surface area (Å²) in [5, 5.41) is 0. The van der Waals surface area contributed by atoms with Gasteiger partial charge in [0.25, 0.3) is 0 Å². The molecule has 0 aromatic carbocycles. The summed E-state index contributed by atoms with van der Waals surface area (Å²) in [6, 6.07) is 0. The molecule has 1 amide bonds. The highest BCUT2D eigenvalue weighted by Gasteiger charge is 2.54. The number of hydrogen-bond acceptors (Lipinski definition) is 4. The second-order valence-electron chi connectivity index (χ2n) is 5.33. The predicted octanol–water partition coefficient (Wildman–Crippen LogP) is 1.57. The summed E-state index contributed by atoms with van der Waals surface area (Å²) in [5.41, 5.74) is -0.644. The highest BCUT2D eigenvalue weighted by molar-refractivity contribution is 14.1. The number of nitrogens with zero attached hydrogens (tertiary/aromatic N) is 2. The zero-order valence-corrected chi connectivity index (χ0v) is 13.3. The molecular formula is C10H13BF2IN3O3. The summed E-state index contributed by atoms with van der Waals surface area (Å²) < 4.78 is 37.2. The van der Waals surface area contributed by atoms with Gasteiger partial charge in [0.15, 0.2) is 0 Å². The van der Waals surface area contributed by atoms with E-state index in [-0.39, 0.29) is 5.72 Å². The third kappa shape index (κ3) is 3.60. The maximum atomic E-state index is 13.4. The minimum absolute atomic E-state index is 0.137. The molecule has 1 aromatic heterocycles. The number of ether oxygens (including phenoxy) is 1. The number of aromatic nitrogens is 2. The minimum atomic E-state index is -3.43. The van der Waals surface area contributed by atoms with E-state index in [0.717, 1.165) is 4.81 Å². The molecule has 0 saturated carbocycles. The van der Waals surface area contributed by atoms with Crippen LogP contribution < -0.4 is 5.72 Å². The van der Waals surface area contributed by atoms with Crippen LogP contribution >= 0.6 is 22.6 Å². The molecule has 1 aromatic rings. The van der Waals surface area contributed by atoms with E-state index in [1.54, 1.807) is 20.8 Å². The quantitative estimate of drug-likeness (QED) is 0.576. The van der Waals surface area contributed by atoms with Gasteiger partial charge in [-0.05, 0) is 43.4 Å². The Balaban J connectivity index is 2.22. The number of nitrogens with one attached hydrogen (secondary N) is 1. The molecule has 2 heterocycles. The predicted molar refractivity (Wildman–Crippen MR) is 75.7 cm³/mol. The molecule has 20 heavy (non-hydrogen) atoms. The van der Waals surface area contributed by atoms with Crippen molar-refractivity contribution in [2.75, 3.05) is 6.54 Å². The summed E-state index contributed by atoms with van der Waals surface area (Å²) in [6.07, 6.45) is -2.84. The van der Waals surface area contributed by atoms with Crippen LogP contribution in [0.15, 0.2) is 6.20 Å². The van der Waals surface area contributed by atoms with Crippen LogP contribution in [0.25, 0.3) is 0 Å². The van der Waals surface area contributed by atoms with Crippen molar-refractivity contribution in [3.8, 4) is 0 Å². The summed E-state index contributed by atoms with van der Waals surface area (Å²) in [6.45, 7) is 4.10. The van der Waals surface area contributed by atoms with Crippen molar-refractivity contribution in [3.63, 3.8) is 0 Å². The first-order chi connectivity index (χ1) is 9.07. The Morgan fingerprint density at radius 3 is 2.80 bits per heavy atom. The summed E-state index contributed by atoms with van der Waals surface area (Å²) in [5.74, 6) is 0. The van der Waals surface area contributed by atoms with Gasteiger partial charge in [-0.3, -0.25) is 0 Å². The number of carbonyl (C=O) groups excluding carboxylic acids is 1. The van der Waals surface area contributed by atoms with Crippen molar-refractivity contribution in [3.05, 3.63) is 9.90 Å². The molecule has 0 bridgehead atoms. The van der Waals surface area contributed by atoms with Gasteiger partial charge in [-0.15, -0.1) is 0 Å². The lowest BCUT2D eigenvalue weighted by Gasteiger charge is -2.25. The largest absolute Gasteiger partial charge is 0.499 e. The Bertz CT molecular complexity index is 520. The number of carbonyl (C=O) groups is 1. The van der Waals surface area contributed by atoms with Crippen molar-refractivity contribution < 1.29 is 23.0 Å². The van der Waals surface area contributed by atoms with Crippen molar-refractivity contribution >= 4 is 41.5 Å². The topological polar surface area (TPSA) is 67.4 Å². The van der Waals surface area contributed by atoms with Crippen molar-refractivity contribution in [2.45, 2.75) is 32.5 Å². The van der Waals surface area contributed by atoms with Crippen LogP contribution in [0.5, 0.6) is 0 Å². The van der Waals surface area contributed by atoms with E-state index in [0.29, 0.717) is 3.70 Å². The third-order valence-electron chi connectivity index (χ3n) is 2.35. The zero-order chi connectivity index (χ0) is 15.1. The van der Waals surface area contributed by atoms with E-state index >= 15 is 0 Å². The van der Waals surface area contributed by atoms with Gasteiger partial charge in [-0.2, -0.15) is 8.78 Å². The van der Waals surface area contributed by atoms with Gasteiger partial charge in [0.2, 0.25) is 0 Å². The van der Waals surface area contributed by atoms with E-state index < -0.39 is 31.4 Å². The molecule has 0 aliphatic carbocycles. The third-order valence-corrected chi connectivity index (χ3v) is 2.90. The Morgan fingerprint density at radius 2 is 2.30 bits per heavy atom. The molecule has 1 N–H and O–H groups in total. The molecular weight excluding hydrogens is 386 g/mol. The van der Waals surface area contributed by atoms with Crippen LogP contribution in [0, 0.1) is 3.70 Å². The molecule has 110 valence electrons. The fourth-order valence-electron chi connectivity index (χ4n) is 1.67. The molecule has 0 unspecified atom stereocenters. The normalized spacial score (nSPS) is 18.5. The first kappa shape index (κ1) is 15.5. The lowest BCUT2D eigenvalue weighted by Crippen LogP contribution is -2.51. The van der Waals surface area contributed by atoms with Gasteiger partial charge in [0.1, 0.15) is 17.9 Å². The second kappa shape index (κ2) is 5.13. The number of alkyl halides is 2. The molecule has 1 saturated heterocycles. The van der Waals surface area contributed by atoms with Gasteiger partial charge < -0.3 is 19.2 Å². The van der Waals surface area contributed by atoms with Crippen molar-refractivity contribution in [1.82, 2.24) is 14.8 Å². The Labute approximate surface area is 128 Å². The average molecular weight is 399 g/mol. The summed E-state index contributed by atoms with van der Waals surface area (Å²) >= 11 is 1.95. The fraction of sp³-hybridized carbons (Fsp3) is 0.600. The maximum Gasteiger partial charge on any atom is 0.499 e. The lowest BCUT2D eigenvalue weighted by molar-refractivity contribution is -0.157. The monoisotopic (exact) mass is 399 g/mol. The molecule has 1 aliphatic heterocycles. The molecule has 6 nitrogen and oxygen atoms in total. The molecule has 0 spiro atoms. The SMILES string of the molecule is CC(C)(C)OC(=O)N1CC(F)(F)OB1c1ncc(I)[nH]1. The second-order valence-corrected chi connectivity index (χ2v) is 6.49. The molecule has 0 atom stereocenters. The standard InChI is InChI=1S/C10H13BF2IN3O3/c1-9(2,3)19-8(18)17-5-10(12,13)20-11(17)7-15-4-6(14)16-7/h4H,5H2,1-3H3,(H,15,16). The van der Waals surface area contributed by atoms with Crippen LogP contribution in [0.4, 0.5) is 13.6 Å². The average Bonchev–Trinajstić information content (AvgIpc) is 2.79. The number of amides is 1. The number of halogens is 3. The van der Waals surface area contributed by atoms with Crippen LogP contribution in [0.1, 0.15) is 20.8 Å². The Morgan fingerprint density at radius 1 is 1.65 bits per heavy atom. The highest BCUT2D eigenvalue weighted by atomic mass is 127. The smallest absolute Gasteiger partial charge is 0.444 e. The van der Waals surface area contributed by atoms with Gasteiger partial charge in [0.05, 0.1) is 9.90 Å². The van der Waals surface area contributed by atoms with E-state index in [2.05, 4.69) is 14.6 Å². The first-order valence-corrected chi connectivity index (χ1v) is 6.91. The summed E-state index contributed by atoms with van der Waals surface area (Å²) in [7, 11) is -1.29. The van der Waals surface area contributed by atoms with E-state index in [1.165, 1.54) is 6.20 Å². The van der Waals surface area contributed by atoms with Gasteiger partial charge in [0, 0.05) is 0 Å². The first-order valence-electron chi connectivity index (χ1n) is 5.83. The molecule has 10 heteroatoms.